The maximum atomic E-state index is 12.3. The number of pyridine rings is 2. The molecule has 0 fully saturated rings. The van der Waals surface area contributed by atoms with Gasteiger partial charge in [-0.15, -0.1) is 9.46 Å². The van der Waals surface area contributed by atoms with Crippen molar-refractivity contribution in [2.75, 3.05) is 0 Å². The van der Waals surface area contributed by atoms with Crippen molar-refractivity contribution in [2.45, 2.75) is 13.1 Å². The SMILES string of the molecule is O=C(NCc1ccccc1CNC(=O)c1cccc(=O)n1O)c1cccc(=O)n1O. The van der Waals surface area contributed by atoms with Gasteiger partial charge >= 0.3 is 0 Å². The van der Waals surface area contributed by atoms with E-state index >= 15 is 0 Å². The molecule has 0 unspecified atom stereocenters. The molecule has 0 radical (unpaired) electrons. The highest BCUT2D eigenvalue weighted by Crippen LogP contribution is 2.09. The number of benzene rings is 1. The number of hydrogen-bond acceptors (Lipinski definition) is 6. The van der Waals surface area contributed by atoms with Crippen molar-refractivity contribution in [3.05, 3.63) is 104 Å². The summed E-state index contributed by atoms with van der Waals surface area (Å²) < 4.78 is 0.519. The van der Waals surface area contributed by atoms with E-state index < -0.39 is 22.9 Å². The summed E-state index contributed by atoms with van der Waals surface area (Å²) in [7, 11) is 0. The van der Waals surface area contributed by atoms with Crippen LogP contribution >= 0.6 is 0 Å². The fourth-order valence-corrected chi connectivity index (χ4v) is 2.74. The second-order valence-electron chi connectivity index (χ2n) is 6.26. The zero-order valence-electron chi connectivity index (χ0n) is 15.6. The third-order valence-corrected chi connectivity index (χ3v) is 4.32. The van der Waals surface area contributed by atoms with Crippen LogP contribution in [0.1, 0.15) is 32.1 Å². The molecule has 0 bridgehead atoms. The Hall–Kier alpha value is -4.34. The van der Waals surface area contributed by atoms with Crippen LogP contribution in [0.15, 0.2) is 70.3 Å². The average Bonchev–Trinajstić information content (AvgIpc) is 2.74. The lowest BCUT2D eigenvalue weighted by Crippen LogP contribution is -2.32. The Morgan fingerprint density at radius 2 is 1.07 bits per heavy atom. The molecule has 4 N–H and O–H groups in total. The van der Waals surface area contributed by atoms with Crippen LogP contribution in [0.2, 0.25) is 0 Å². The van der Waals surface area contributed by atoms with Crippen LogP contribution in [0.25, 0.3) is 0 Å². The number of amides is 2. The molecule has 0 atom stereocenters. The van der Waals surface area contributed by atoms with Gasteiger partial charge in [-0.2, -0.15) is 0 Å². The third-order valence-electron chi connectivity index (χ3n) is 4.32. The maximum Gasteiger partial charge on any atom is 0.283 e. The van der Waals surface area contributed by atoms with E-state index in [9.17, 15) is 29.6 Å². The molecular formula is C20H18N4O6. The lowest BCUT2D eigenvalue weighted by Gasteiger charge is -2.13. The van der Waals surface area contributed by atoms with Gasteiger partial charge in [-0.25, -0.2) is 0 Å². The lowest BCUT2D eigenvalue weighted by molar-refractivity contribution is 0.0877. The summed E-state index contributed by atoms with van der Waals surface area (Å²) in [5.41, 5.74) is -0.508. The van der Waals surface area contributed by atoms with E-state index in [1.54, 1.807) is 24.3 Å². The molecule has 3 rings (SSSR count). The van der Waals surface area contributed by atoms with Crippen LogP contribution in [0, 0.1) is 0 Å². The van der Waals surface area contributed by atoms with Crippen LogP contribution in [0.3, 0.4) is 0 Å². The summed E-state index contributed by atoms with van der Waals surface area (Å²) in [4.78, 5) is 47.4. The Kier molecular flexibility index (Phi) is 5.97. The molecule has 0 saturated heterocycles. The normalized spacial score (nSPS) is 10.4. The first-order valence-electron chi connectivity index (χ1n) is 8.84. The van der Waals surface area contributed by atoms with E-state index in [4.69, 9.17) is 0 Å². The summed E-state index contributed by atoms with van der Waals surface area (Å²) in [6, 6.07) is 14.5. The molecule has 2 heterocycles. The predicted octanol–water partition coefficient (Wildman–Crippen LogP) is 0.345. The van der Waals surface area contributed by atoms with Gasteiger partial charge in [0.2, 0.25) is 0 Å². The van der Waals surface area contributed by atoms with Gasteiger partial charge in [-0.1, -0.05) is 36.4 Å². The molecule has 1 aromatic carbocycles. The highest BCUT2D eigenvalue weighted by Gasteiger charge is 2.14. The van der Waals surface area contributed by atoms with Crippen molar-refractivity contribution < 1.29 is 20.0 Å². The quantitative estimate of drug-likeness (QED) is 0.432. The average molecular weight is 410 g/mol. The van der Waals surface area contributed by atoms with Gasteiger partial charge in [-0.3, -0.25) is 19.2 Å². The molecule has 0 aliphatic rings. The standard InChI is InChI=1S/C20H18N4O6/c25-17-9-3-7-15(23(17)29)19(27)21-11-13-5-1-2-6-14(13)12-22-20(28)16-8-4-10-18(26)24(16)30/h1-10,29-30H,11-12H2,(H,21,27)(H,22,28). The number of hydrogen-bond donors (Lipinski definition) is 4. The number of rotatable bonds is 6. The lowest BCUT2D eigenvalue weighted by atomic mass is 10.1. The van der Waals surface area contributed by atoms with Gasteiger partial charge in [0.1, 0.15) is 11.4 Å². The highest BCUT2D eigenvalue weighted by molar-refractivity contribution is 5.92. The van der Waals surface area contributed by atoms with Gasteiger partial charge in [0.05, 0.1) is 0 Å². The summed E-state index contributed by atoms with van der Waals surface area (Å²) >= 11 is 0. The second-order valence-corrected chi connectivity index (χ2v) is 6.26. The van der Waals surface area contributed by atoms with Crippen molar-refractivity contribution in [3.8, 4) is 0 Å². The monoisotopic (exact) mass is 410 g/mol. The molecular weight excluding hydrogens is 392 g/mol. The van der Waals surface area contributed by atoms with E-state index in [2.05, 4.69) is 10.6 Å². The first-order chi connectivity index (χ1) is 14.4. The van der Waals surface area contributed by atoms with Crippen molar-refractivity contribution in [3.63, 3.8) is 0 Å². The summed E-state index contributed by atoms with van der Waals surface area (Å²) in [6.07, 6.45) is 0. The first-order valence-corrected chi connectivity index (χ1v) is 8.84. The largest absolute Gasteiger partial charge is 0.425 e. The Morgan fingerprint density at radius 3 is 1.47 bits per heavy atom. The topological polar surface area (TPSA) is 143 Å². The van der Waals surface area contributed by atoms with Crippen molar-refractivity contribution in [1.29, 1.82) is 0 Å². The van der Waals surface area contributed by atoms with E-state index in [0.29, 0.717) is 11.1 Å². The molecule has 10 nitrogen and oxygen atoms in total. The molecule has 3 aromatic rings. The maximum absolute atomic E-state index is 12.3. The Labute approximate surface area is 169 Å². The molecule has 10 heteroatoms. The Bertz CT molecular complexity index is 1120. The van der Waals surface area contributed by atoms with Crippen LogP contribution in [-0.4, -0.2) is 31.7 Å². The minimum absolute atomic E-state index is 0.0734. The summed E-state index contributed by atoms with van der Waals surface area (Å²) in [5.74, 6) is -1.30. The van der Waals surface area contributed by atoms with Crippen LogP contribution < -0.4 is 21.8 Å². The van der Waals surface area contributed by atoms with Crippen molar-refractivity contribution in [2.24, 2.45) is 0 Å². The fourth-order valence-electron chi connectivity index (χ4n) is 2.74. The summed E-state index contributed by atoms with van der Waals surface area (Å²) in [6.45, 7) is 0.147. The van der Waals surface area contributed by atoms with E-state index in [0.717, 1.165) is 12.1 Å². The second kappa shape index (κ2) is 8.78. The smallest absolute Gasteiger partial charge is 0.283 e. The zero-order valence-corrected chi connectivity index (χ0v) is 15.6. The van der Waals surface area contributed by atoms with Gasteiger partial charge < -0.3 is 21.0 Å². The van der Waals surface area contributed by atoms with Crippen LogP contribution in [0.4, 0.5) is 0 Å². The van der Waals surface area contributed by atoms with Crippen LogP contribution in [0.5, 0.6) is 0 Å². The number of nitrogens with zero attached hydrogens (tertiary/aromatic N) is 2. The molecule has 2 amide bonds. The first kappa shape index (κ1) is 20.4. The number of aromatic nitrogens is 2. The minimum Gasteiger partial charge on any atom is -0.425 e. The zero-order chi connectivity index (χ0) is 21.7. The van der Waals surface area contributed by atoms with Crippen molar-refractivity contribution in [1.82, 2.24) is 20.1 Å². The third kappa shape index (κ3) is 4.38. The van der Waals surface area contributed by atoms with E-state index in [1.165, 1.54) is 24.3 Å². The van der Waals surface area contributed by atoms with E-state index in [-0.39, 0.29) is 33.9 Å². The highest BCUT2D eigenvalue weighted by atomic mass is 16.5. The van der Waals surface area contributed by atoms with E-state index in [1.807, 2.05) is 0 Å². The molecule has 30 heavy (non-hydrogen) atoms. The Morgan fingerprint density at radius 1 is 0.667 bits per heavy atom. The molecule has 2 aromatic heterocycles. The van der Waals surface area contributed by atoms with Crippen molar-refractivity contribution >= 4 is 11.8 Å². The Balaban J connectivity index is 1.69. The van der Waals surface area contributed by atoms with Crippen LogP contribution in [-0.2, 0) is 13.1 Å². The van der Waals surface area contributed by atoms with Gasteiger partial charge in [0.25, 0.3) is 22.9 Å². The molecule has 0 aliphatic carbocycles. The van der Waals surface area contributed by atoms with Gasteiger partial charge in [0.15, 0.2) is 0 Å². The molecule has 0 aliphatic heterocycles. The van der Waals surface area contributed by atoms with Gasteiger partial charge in [0, 0.05) is 25.2 Å². The number of carbonyl (C=O) groups is 2. The van der Waals surface area contributed by atoms with Gasteiger partial charge in [-0.05, 0) is 23.3 Å². The minimum atomic E-state index is -0.728. The molecule has 0 saturated carbocycles. The molecule has 0 spiro atoms. The summed E-state index contributed by atoms with van der Waals surface area (Å²) in [5, 5.41) is 24.5. The fraction of sp³-hybridized carbons (Fsp3) is 0.100. The number of nitrogens with one attached hydrogen (secondary N) is 2. The molecule has 154 valence electrons. The predicted molar refractivity (Wildman–Crippen MR) is 105 cm³/mol. The number of carbonyl (C=O) groups excluding carboxylic acids is 2.